The van der Waals surface area contributed by atoms with Crippen LogP contribution < -0.4 is 5.32 Å². The van der Waals surface area contributed by atoms with E-state index in [0.29, 0.717) is 0 Å². The first-order chi connectivity index (χ1) is 5.65. The third-order valence-corrected chi connectivity index (χ3v) is 1.81. The number of rotatable bonds is 4. The highest BCUT2D eigenvalue weighted by molar-refractivity contribution is 9.11. The minimum atomic E-state index is -0.449. The largest absolute Gasteiger partial charge is 0.464 e. The highest BCUT2D eigenvalue weighted by Crippen LogP contribution is 2.02. The molecular formula is C8H12BrNO2. The Labute approximate surface area is 80.6 Å². The molecule has 0 spiro atoms. The number of hydrogen-bond acceptors (Lipinski definition) is 3. The van der Waals surface area contributed by atoms with Crippen molar-refractivity contribution in [1.29, 1.82) is 0 Å². The summed E-state index contributed by atoms with van der Waals surface area (Å²) < 4.78 is 4.46. The number of halogens is 1. The van der Waals surface area contributed by atoms with Gasteiger partial charge in [0.1, 0.15) is 5.70 Å². The van der Waals surface area contributed by atoms with E-state index >= 15 is 0 Å². The van der Waals surface area contributed by atoms with Crippen molar-refractivity contribution in [3.05, 3.63) is 23.0 Å². The van der Waals surface area contributed by atoms with E-state index in [1.807, 2.05) is 6.92 Å². The maximum Gasteiger partial charge on any atom is 0.353 e. The maximum atomic E-state index is 10.9. The predicted molar refractivity (Wildman–Crippen MR) is 51.6 cm³/mol. The first-order valence-corrected chi connectivity index (χ1v) is 4.40. The van der Waals surface area contributed by atoms with Crippen LogP contribution in [0, 0.1) is 0 Å². The average molecular weight is 234 g/mol. The van der Waals surface area contributed by atoms with Gasteiger partial charge in [0.15, 0.2) is 0 Å². The Morgan fingerprint density at radius 3 is 2.67 bits per heavy atom. The molecule has 0 amide bonds. The Morgan fingerprint density at radius 1 is 1.75 bits per heavy atom. The zero-order valence-corrected chi connectivity index (χ0v) is 8.77. The SMILES string of the molecule is C=C(N/C(=C\Br)CC)C(=O)OC. The molecule has 0 aliphatic carbocycles. The van der Waals surface area contributed by atoms with E-state index in [4.69, 9.17) is 0 Å². The van der Waals surface area contributed by atoms with Gasteiger partial charge in [0.05, 0.1) is 7.11 Å². The van der Waals surface area contributed by atoms with Gasteiger partial charge in [-0.25, -0.2) is 4.79 Å². The minimum absolute atomic E-state index is 0.241. The number of methoxy groups -OCH3 is 1. The summed E-state index contributed by atoms with van der Waals surface area (Å²) in [6.07, 6.45) is 0.793. The van der Waals surface area contributed by atoms with Crippen LogP contribution in [0.5, 0.6) is 0 Å². The van der Waals surface area contributed by atoms with E-state index < -0.39 is 5.97 Å². The van der Waals surface area contributed by atoms with Crippen LogP contribution in [-0.4, -0.2) is 13.1 Å². The number of hydrogen-bond donors (Lipinski definition) is 1. The highest BCUT2D eigenvalue weighted by atomic mass is 79.9. The van der Waals surface area contributed by atoms with Gasteiger partial charge in [-0.2, -0.15) is 0 Å². The lowest BCUT2D eigenvalue weighted by atomic mass is 10.3. The smallest absolute Gasteiger partial charge is 0.353 e. The molecule has 0 fully saturated rings. The van der Waals surface area contributed by atoms with Crippen molar-refractivity contribution in [2.75, 3.05) is 7.11 Å². The molecule has 1 N–H and O–H groups in total. The van der Waals surface area contributed by atoms with E-state index in [2.05, 4.69) is 32.6 Å². The summed E-state index contributed by atoms with van der Waals surface area (Å²) in [5.74, 6) is -0.449. The summed E-state index contributed by atoms with van der Waals surface area (Å²) in [6.45, 7) is 5.48. The fourth-order valence-electron chi connectivity index (χ4n) is 0.561. The van der Waals surface area contributed by atoms with E-state index in [1.54, 1.807) is 4.99 Å². The van der Waals surface area contributed by atoms with Gasteiger partial charge in [0.25, 0.3) is 0 Å². The Morgan fingerprint density at radius 2 is 2.33 bits per heavy atom. The first-order valence-electron chi connectivity index (χ1n) is 3.49. The number of ether oxygens (including phenoxy) is 1. The lowest BCUT2D eigenvalue weighted by Gasteiger charge is -2.08. The van der Waals surface area contributed by atoms with Gasteiger partial charge >= 0.3 is 5.97 Å². The Balaban J connectivity index is 4.08. The van der Waals surface area contributed by atoms with Gasteiger partial charge in [0.2, 0.25) is 0 Å². The summed E-state index contributed by atoms with van der Waals surface area (Å²) in [5, 5.41) is 2.81. The lowest BCUT2D eigenvalue weighted by Crippen LogP contribution is -2.19. The summed E-state index contributed by atoms with van der Waals surface area (Å²) >= 11 is 3.16. The highest BCUT2D eigenvalue weighted by Gasteiger charge is 2.06. The molecule has 0 aromatic carbocycles. The van der Waals surface area contributed by atoms with Crippen LogP contribution in [0.1, 0.15) is 13.3 Å². The summed E-state index contributed by atoms with van der Waals surface area (Å²) in [4.78, 5) is 12.6. The molecule has 0 aromatic rings. The molecule has 3 nitrogen and oxygen atoms in total. The normalized spacial score (nSPS) is 10.8. The monoisotopic (exact) mass is 233 g/mol. The molecule has 68 valence electrons. The molecule has 0 rings (SSSR count). The van der Waals surface area contributed by atoms with Crippen molar-refractivity contribution in [2.45, 2.75) is 13.3 Å². The van der Waals surface area contributed by atoms with Crippen molar-refractivity contribution in [2.24, 2.45) is 0 Å². The number of allylic oxidation sites excluding steroid dienone is 1. The van der Waals surface area contributed by atoms with Crippen LogP contribution in [0.2, 0.25) is 0 Å². The Kier molecular flexibility index (Phi) is 5.45. The third kappa shape index (κ3) is 3.57. The topological polar surface area (TPSA) is 38.3 Å². The number of carbonyl (C=O) groups excluding carboxylic acids is 1. The Hall–Kier alpha value is -0.770. The van der Waals surface area contributed by atoms with Gasteiger partial charge in [0, 0.05) is 10.7 Å². The van der Waals surface area contributed by atoms with Crippen LogP contribution in [-0.2, 0) is 9.53 Å². The molecule has 0 aromatic heterocycles. The second kappa shape index (κ2) is 5.83. The van der Waals surface area contributed by atoms with Crippen LogP contribution in [0.25, 0.3) is 0 Å². The third-order valence-electron chi connectivity index (χ3n) is 1.26. The molecule has 0 unspecified atom stereocenters. The molecule has 0 aliphatic rings. The van der Waals surface area contributed by atoms with Crippen molar-refractivity contribution < 1.29 is 9.53 Å². The van der Waals surface area contributed by atoms with Gasteiger partial charge in [-0.3, -0.25) is 0 Å². The quantitative estimate of drug-likeness (QED) is 0.596. The molecular weight excluding hydrogens is 222 g/mol. The molecule has 0 saturated heterocycles. The molecule has 12 heavy (non-hydrogen) atoms. The molecule has 0 saturated carbocycles. The maximum absolute atomic E-state index is 10.9. The second-order valence-electron chi connectivity index (χ2n) is 2.08. The standard InChI is InChI=1S/C8H12BrNO2/c1-4-7(5-9)10-6(2)8(11)12-3/h5,10H,2,4H2,1,3H3/b7-5-. The summed E-state index contributed by atoms with van der Waals surface area (Å²) in [5.41, 5.74) is 1.12. The van der Waals surface area contributed by atoms with Crippen LogP contribution >= 0.6 is 15.9 Å². The van der Waals surface area contributed by atoms with Crippen molar-refractivity contribution in [3.8, 4) is 0 Å². The average Bonchev–Trinajstić information content (AvgIpc) is 2.12. The predicted octanol–water partition coefficient (Wildman–Crippen LogP) is 1.91. The van der Waals surface area contributed by atoms with Gasteiger partial charge in [-0.15, -0.1) is 0 Å². The summed E-state index contributed by atoms with van der Waals surface area (Å²) in [7, 11) is 1.32. The van der Waals surface area contributed by atoms with Gasteiger partial charge in [-0.05, 0) is 6.42 Å². The number of carbonyl (C=O) groups is 1. The van der Waals surface area contributed by atoms with Gasteiger partial charge < -0.3 is 10.1 Å². The Bertz CT molecular complexity index is 211. The number of nitrogens with one attached hydrogen (secondary N) is 1. The minimum Gasteiger partial charge on any atom is -0.464 e. The van der Waals surface area contributed by atoms with E-state index in [1.165, 1.54) is 7.11 Å². The molecule has 0 radical (unpaired) electrons. The van der Waals surface area contributed by atoms with Crippen molar-refractivity contribution in [1.82, 2.24) is 5.32 Å². The van der Waals surface area contributed by atoms with Crippen LogP contribution in [0.15, 0.2) is 23.0 Å². The van der Waals surface area contributed by atoms with E-state index in [9.17, 15) is 4.79 Å². The molecule has 4 heteroatoms. The fraction of sp³-hybridized carbons (Fsp3) is 0.375. The second-order valence-corrected chi connectivity index (χ2v) is 2.54. The van der Waals surface area contributed by atoms with Crippen molar-refractivity contribution >= 4 is 21.9 Å². The van der Waals surface area contributed by atoms with Crippen LogP contribution in [0.3, 0.4) is 0 Å². The lowest BCUT2D eigenvalue weighted by molar-refractivity contribution is -0.136. The fourth-order valence-corrected chi connectivity index (χ4v) is 0.999. The zero-order chi connectivity index (χ0) is 9.56. The first kappa shape index (κ1) is 11.2. The zero-order valence-electron chi connectivity index (χ0n) is 7.19. The number of esters is 1. The summed E-state index contributed by atoms with van der Waals surface area (Å²) in [6, 6.07) is 0. The molecule has 0 aliphatic heterocycles. The van der Waals surface area contributed by atoms with Gasteiger partial charge in [-0.1, -0.05) is 29.4 Å². The van der Waals surface area contributed by atoms with Crippen molar-refractivity contribution in [3.63, 3.8) is 0 Å². The van der Waals surface area contributed by atoms with E-state index in [-0.39, 0.29) is 5.70 Å². The van der Waals surface area contributed by atoms with Crippen LogP contribution in [0.4, 0.5) is 0 Å². The molecule has 0 atom stereocenters. The molecule has 0 heterocycles. The molecule has 0 bridgehead atoms. The van der Waals surface area contributed by atoms with E-state index in [0.717, 1.165) is 12.1 Å².